The summed E-state index contributed by atoms with van der Waals surface area (Å²) in [6.45, 7) is -0.915. The lowest BCUT2D eigenvalue weighted by molar-refractivity contribution is -0.134. The third-order valence-corrected chi connectivity index (χ3v) is 2.62. The Bertz CT molecular complexity index is 730. The van der Waals surface area contributed by atoms with Crippen molar-refractivity contribution in [2.24, 2.45) is 16.5 Å². The molecule has 0 bridgehead atoms. The van der Waals surface area contributed by atoms with E-state index >= 15 is 0 Å². The van der Waals surface area contributed by atoms with Gasteiger partial charge in [0.05, 0.1) is 12.7 Å². The van der Waals surface area contributed by atoms with E-state index in [0.29, 0.717) is 31.5 Å². The number of guanidine groups is 1. The summed E-state index contributed by atoms with van der Waals surface area (Å²) in [5.41, 5.74) is 10.3. The monoisotopic (exact) mass is 423 g/mol. The summed E-state index contributed by atoms with van der Waals surface area (Å²) in [6, 6.07) is 0. The number of aromatic nitrogens is 3. The van der Waals surface area contributed by atoms with E-state index in [1.54, 1.807) is 0 Å². The first-order chi connectivity index (χ1) is 13.4. The first-order valence-electron chi connectivity index (χ1n) is 7.85. The zero-order valence-electron chi connectivity index (χ0n) is 15.0. The number of halogens is 3. The minimum absolute atomic E-state index is 0.188. The molecule has 0 spiro atoms. The first kappa shape index (κ1) is 25.4. The fourth-order valence-electron chi connectivity index (χ4n) is 1.50. The number of aryl methyl sites for hydroxylation is 1. The number of anilines is 1. The largest absolute Gasteiger partial charge is 0.478 e. The number of nitrogens with zero attached hydrogens (tertiary/aromatic N) is 4. The van der Waals surface area contributed by atoms with Gasteiger partial charge in [-0.15, -0.1) is 5.10 Å². The van der Waals surface area contributed by atoms with Crippen molar-refractivity contribution in [3.05, 3.63) is 18.3 Å². The van der Waals surface area contributed by atoms with Crippen LogP contribution in [0.15, 0.2) is 23.3 Å². The van der Waals surface area contributed by atoms with Crippen molar-refractivity contribution in [2.75, 3.05) is 11.9 Å². The van der Waals surface area contributed by atoms with Crippen LogP contribution >= 0.6 is 0 Å². The molecule has 1 rings (SSSR count). The highest BCUT2D eigenvalue weighted by molar-refractivity contribution is 5.91. The molecule has 0 aliphatic carbocycles. The maximum absolute atomic E-state index is 11.9. The van der Waals surface area contributed by atoms with Gasteiger partial charge in [-0.25, -0.2) is 14.6 Å². The van der Waals surface area contributed by atoms with E-state index in [4.69, 9.17) is 21.7 Å². The molecule has 1 aromatic rings. The van der Waals surface area contributed by atoms with Gasteiger partial charge in [0.2, 0.25) is 5.91 Å². The first-order valence-corrected chi connectivity index (χ1v) is 7.85. The standard InChI is InChI=1S/C10H16F3N7O.C4H4O4/c11-10(12,13)6-16-9(15)18-8-5-17-20(19-8)4-2-1-3-7(14)21;5-3(6)1-2-4(7)8/h5H,1-4,6H2,(H2,14,21)(H3,15,16,18,19);1-2H,(H,5,6)(H,7,8)/b;2-1-. The third kappa shape index (κ3) is 16.3. The molecule has 1 heterocycles. The zero-order valence-corrected chi connectivity index (χ0v) is 15.0. The van der Waals surface area contributed by atoms with Crippen molar-refractivity contribution in [3.63, 3.8) is 0 Å². The van der Waals surface area contributed by atoms with Gasteiger partial charge < -0.3 is 27.0 Å². The van der Waals surface area contributed by atoms with Crippen molar-refractivity contribution in [1.29, 1.82) is 0 Å². The van der Waals surface area contributed by atoms with Crippen LogP contribution in [0, 0.1) is 0 Å². The average Bonchev–Trinajstić information content (AvgIpc) is 3.02. The third-order valence-electron chi connectivity index (χ3n) is 2.62. The fraction of sp³-hybridized carbons (Fsp3) is 0.429. The van der Waals surface area contributed by atoms with E-state index in [0.717, 1.165) is 0 Å². The van der Waals surface area contributed by atoms with Crippen molar-refractivity contribution >= 4 is 29.6 Å². The normalized spacial score (nSPS) is 11.6. The number of carbonyl (C=O) groups is 3. The molecular weight excluding hydrogens is 403 g/mol. The number of rotatable bonds is 9. The number of nitrogens with two attached hydrogens (primary N) is 2. The second-order valence-corrected chi connectivity index (χ2v) is 5.20. The summed E-state index contributed by atoms with van der Waals surface area (Å²) in [5, 5.41) is 25.9. The lowest BCUT2D eigenvalue weighted by Gasteiger charge is -2.04. The van der Waals surface area contributed by atoms with Gasteiger partial charge >= 0.3 is 18.1 Å². The highest BCUT2D eigenvalue weighted by Crippen LogP contribution is 2.14. The number of unbranched alkanes of at least 4 members (excludes halogenated alkanes) is 1. The number of carboxylic acid groups (broad SMARTS) is 2. The van der Waals surface area contributed by atoms with E-state index < -0.39 is 30.6 Å². The number of primary amides is 1. The molecule has 0 unspecified atom stereocenters. The maximum Gasteiger partial charge on any atom is 0.408 e. The van der Waals surface area contributed by atoms with Gasteiger partial charge in [-0.1, -0.05) is 0 Å². The topological polar surface area (TPSA) is 199 Å². The summed E-state index contributed by atoms with van der Waals surface area (Å²) in [6.07, 6.45) is -0.452. The second-order valence-electron chi connectivity index (χ2n) is 5.20. The molecule has 162 valence electrons. The van der Waals surface area contributed by atoms with Crippen LogP contribution in [0.25, 0.3) is 0 Å². The van der Waals surface area contributed by atoms with E-state index in [9.17, 15) is 27.6 Å². The molecule has 0 radical (unpaired) electrons. The van der Waals surface area contributed by atoms with E-state index in [1.165, 1.54) is 11.0 Å². The minimum atomic E-state index is -4.41. The number of alkyl halides is 3. The highest BCUT2D eigenvalue weighted by atomic mass is 19.4. The Hall–Kier alpha value is -3.65. The molecule has 1 amide bonds. The Kier molecular flexibility index (Phi) is 11.1. The Morgan fingerprint density at radius 1 is 1.17 bits per heavy atom. The van der Waals surface area contributed by atoms with Crippen LogP contribution in [0.5, 0.6) is 0 Å². The van der Waals surface area contributed by atoms with Crippen LogP contribution in [0.1, 0.15) is 19.3 Å². The molecule has 12 nitrogen and oxygen atoms in total. The summed E-state index contributed by atoms with van der Waals surface area (Å²) in [7, 11) is 0. The molecular formula is C14H20F3N7O5. The Balaban J connectivity index is 0.000000828. The van der Waals surface area contributed by atoms with Crippen LogP contribution < -0.4 is 16.8 Å². The van der Waals surface area contributed by atoms with Gasteiger partial charge in [0.1, 0.15) is 6.54 Å². The number of amides is 1. The number of hydrogen-bond acceptors (Lipinski definition) is 6. The van der Waals surface area contributed by atoms with Crippen LogP contribution in [-0.2, 0) is 20.9 Å². The predicted octanol–water partition coefficient (Wildman–Crippen LogP) is -0.0656. The van der Waals surface area contributed by atoms with Crippen LogP contribution in [0.2, 0.25) is 0 Å². The average molecular weight is 423 g/mol. The quantitative estimate of drug-likeness (QED) is 0.156. The molecule has 0 atom stereocenters. The lowest BCUT2D eigenvalue weighted by atomic mass is 10.2. The Labute approximate surface area is 162 Å². The smallest absolute Gasteiger partial charge is 0.408 e. The molecule has 0 aliphatic rings. The number of hydrogen-bond donors (Lipinski definition) is 5. The van der Waals surface area contributed by atoms with Gasteiger partial charge in [0.15, 0.2) is 11.8 Å². The van der Waals surface area contributed by atoms with Crippen LogP contribution in [0.4, 0.5) is 19.0 Å². The number of aliphatic carboxylic acids is 2. The molecule has 0 saturated carbocycles. The van der Waals surface area contributed by atoms with E-state index in [-0.39, 0.29) is 18.1 Å². The zero-order chi connectivity index (χ0) is 22.4. The SMILES string of the molecule is NC(=O)CCCCn1ncc(NC(N)=NCC(F)(F)F)n1.O=C(O)/C=C\C(=O)O. The van der Waals surface area contributed by atoms with Crippen LogP contribution in [0.3, 0.4) is 0 Å². The number of nitrogens with one attached hydrogen (secondary N) is 1. The van der Waals surface area contributed by atoms with Crippen molar-refractivity contribution in [3.8, 4) is 0 Å². The number of carboxylic acids is 2. The van der Waals surface area contributed by atoms with Crippen molar-refractivity contribution in [2.45, 2.75) is 32.0 Å². The van der Waals surface area contributed by atoms with Gasteiger partial charge in [-0.2, -0.15) is 23.1 Å². The van der Waals surface area contributed by atoms with Crippen molar-refractivity contribution in [1.82, 2.24) is 15.0 Å². The molecule has 0 aromatic carbocycles. The Morgan fingerprint density at radius 3 is 2.24 bits per heavy atom. The van der Waals surface area contributed by atoms with Crippen LogP contribution in [-0.4, -0.2) is 61.7 Å². The minimum Gasteiger partial charge on any atom is -0.478 e. The molecule has 15 heteroatoms. The Morgan fingerprint density at radius 2 is 1.76 bits per heavy atom. The molecule has 0 aliphatic heterocycles. The lowest BCUT2D eigenvalue weighted by Crippen LogP contribution is -2.25. The number of carbonyl (C=O) groups excluding carboxylic acids is 1. The maximum atomic E-state index is 11.9. The van der Waals surface area contributed by atoms with E-state index in [1.807, 2.05) is 0 Å². The van der Waals surface area contributed by atoms with Gasteiger partial charge in [0, 0.05) is 18.6 Å². The summed E-state index contributed by atoms with van der Waals surface area (Å²) >= 11 is 0. The highest BCUT2D eigenvalue weighted by Gasteiger charge is 2.26. The molecule has 0 fully saturated rings. The van der Waals surface area contributed by atoms with Gasteiger partial charge in [-0.05, 0) is 12.8 Å². The van der Waals surface area contributed by atoms with E-state index in [2.05, 4.69) is 20.5 Å². The molecule has 1 aromatic heterocycles. The summed E-state index contributed by atoms with van der Waals surface area (Å²) < 4.78 is 35.8. The molecule has 29 heavy (non-hydrogen) atoms. The molecule has 7 N–H and O–H groups in total. The van der Waals surface area contributed by atoms with Gasteiger partial charge in [0.25, 0.3) is 0 Å². The fourth-order valence-corrected chi connectivity index (χ4v) is 1.50. The van der Waals surface area contributed by atoms with Crippen molar-refractivity contribution < 1.29 is 37.8 Å². The van der Waals surface area contributed by atoms with Gasteiger partial charge in [-0.3, -0.25) is 4.79 Å². The molecule has 0 saturated heterocycles. The second kappa shape index (κ2) is 12.7. The summed E-state index contributed by atoms with van der Waals surface area (Å²) in [4.78, 5) is 34.1. The number of aliphatic imine (C=N–C) groups is 1. The summed E-state index contributed by atoms with van der Waals surface area (Å²) in [5.74, 6) is -3.10. The predicted molar refractivity (Wildman–Crippen MR) is 93.6 cm³/mol.